The third-order valence-corrected chi connectivity index (χ3v) is 1.22. The first-order valence-electron chi connectivity index (χ1n) is 5.96. The molecule has 0 heterocycles. The molecule has 0 radical (unpaired) electrons. The van der Waals surface area contributed by atoms with Gasteiger partial charge in [-0.3, -0.25) is 14.4 Å². The zero-order chi connectivity index (χ0) is 17.6. The molecule has 0 spiro atoms. The van der Waals surface area contributed by atoms with Crippen LogP contribution in [0, 0.1) is 49.4 Å². The average molecular weight is 449 g/mol. The van der Waals surface area contributed by atoms with Gasteiger partial charge in [0.25, 0.3) is 0 Å². The molecule has 0 rings (SSSR count). The first kappa shape index (κ1) is 29.3. The fourth-order valence-electron chi connectivity index (χ4n) is 0.859. The second-order valence-electron chi connectivity index (χ2n) is 4.10. The Morgan fingerprint density at radius 2 is 0.682 bits per heavy atom. The molecule has 22 heavy (non-hydrogen) atoms. The summed E-state index contributed by atoms with van der Waals surface area (Å²) < 4.78 is 0. The number of rotatable bonds is 3. The van der Waals surface area contributed by atoms with Crippen molar-refractivity contribution >= 4 is 17.3 Å². The molecule has 0 saturated carbocycles. The topological polar surface area (TPSA) is 120 Å². The molecule has 0 aliphatic rings. The third kappa shape index (κ3) is 50.7. The van der Waals surface area contributed by atoms with Gasteiger partial charge in [-0.05, 0) is 39.0 Å². The standard InChI is InChI=1S/3C5H8O2.Eu/c3*1-4(6)3-5(2)7;/h3*3,6H,1-2H3;/q;;;+3/p-3/b3*4-3+;. The van der Waals surface area contributed by atoms with Gasteiger partial charge in [-0.2, -0.15) is 0 Å². The summed E-state index contributed by atoms with van der Waals surface area (Å²) in [5, 5.41) is 29.9. The van der Waals surface area contributed by atoms with Crippen molar-refractivity contribution in [2.24, 2.45) is 0 Å². The maximum absolute atomic E-state index is 9.98. The van der Waals surface area contributed by atoms with Crippen LogP contribution in [0.25, 0.3) is 0 Å². The van der Waals surface area contributed by atoms with Crippen molar-refractivity contribution < 1.29 is 79.1 Å². The van der Waals surface area contributed by atoms with Crippen molar-refractivity contribution in [3.05, 3.63) is 35.5 Å². The molecule has 0 unspecified atom stereocenters. The monoisotopic (exact) mass is 450 g/mol. The van der Waals surface area contributed by atoms with E-state index < -0.39 is 0 Å². The Bertz CT molecular complexity index is 368. The van der Waals surface area contributed by atoms with Gasteiger partial charge in [0.1, 0.15) is 0 Å². The van der Waals surface area contributed by atoms with Gasteiger partial charge in [-0.25, -0.2) is 0 Å². The van der Waals surface area contributed by atoms with E-state index in [2.05, 4.69) is 0 Å². The van der Waals surface area contributed by atoms with Crippen molar-refractivity contribution in [1.82, 2.24) is 0 Å². The molecule has 0 N–H and O–H groups in total. The van der Waals surface area contributed by atoms with Gasteiger partial charge in [0, 0.05) is 0 Å². The molecule has 0 amide bonds. The molecule has 0 aromatic heterocycles. The Morgan fingerprint density at radius 1 is 0.545 bits per heavy atom. The second-order valence-corrected chi connectivity index (χ2v) is 4.10. The van der Waals surface area contributed by atoms with E-state index in [0.717, 1.165) is 18.2 Å². The molecule has 0 saturated heterocycles. The molecule has 6 nitrogen and oxygen atoms in total. The Hall–Kier alpha value is -0.786. The smallest absolute Gasteiger partial charge is 0.876 e. The number of hydrogen-bond donors (Lipinski definition) is 0. The van der Waals surface area contributed by atoms with Crippen molar-refractivity contribution in [2.75, 3.05) is 0 Å². The van der Waals surface area contributed by atoms with E-state index in [1.54, 1.807) is 0 Å². The van der Waals surface area contributed by atoms with Crippen LogP contribution in [0.4, 0.5) is 0 Å². The van der Waals surface area contributed by atoms with Crippen LogP contribution in [-0.2, 0) is 14.4 Å². The number of allylic oxidation sites excluding steroid dienone is 6. The summed E-state index contributed by atoms with van der Waals surface area (Å²) in [7, 11) is 0. The molecule has 7 heteroatoms. The fraction of sp³-hybridized carbons (Fsp3) is 0.400. The van der Waals surface area contributed by atoms with Crippen LogP contribution < -0.4 is 15.3 Å². The minimum Gasteiger partial charge on any atom is -0.876 e. The number of carbonyl (C=O) groups is 3. The molecule has 0 aromatic rings. The number of ketones is 3. The summed E-state index contributed by atoms with van der Waals surface area (Å²) in [4.78, 5) is 29.9. The summed E-state index contributed by atoms with van der Waals surface area (Å²) in [5.41, 5.74) is 0. The summed E-state index contributed by atoms with van der Waals surface area (Å²) >= 11 is 0. The summed E-state index contributed by atoms with van der Waals surface area (Å²) in [6.45, 7) is 8.09. The Labute approximate surface area is 172 Å². The first-order valence-corrected chi connectivity index (χ1v) is 5.96. The van der Waals surface area contributed by atoms with Gasteiger partial charge < -0.3 is 15.3 Å². The average Bonchev–Trinajstić information content (AvgIpc) is 2.10. The Morgan fingerprint density at radius 3 is 0.682 bits per heavy atom. The first-order chi connectivity index (χ1) is 9.38. The number of carbonyl (C=O) groups excluding carboxylic acids is 3. The molecule has 0 fully saturated rings. The van der Waals surface area contributed by atoms with Crippen LogP contribution >= 0.6 is 0 Å². The van der Waals surface area contributed by atoms with Crippen LogP contribution in [0.2, 0.25) is 0 Å². The van der Waals surface area contributed by atoms with Crippen LogP contribution in [0.15, 0.2) is 35.5 Å². The maximum atomic E-state index is 9.98. The summed E-state index contributed by atoms with van der Waals surface area (Å²) in [5.74, 6) is -1.12. The van der Waals surface area contributed by atoms with Gasteiger partial charge in [-0.15, -0.1) is 17.3 Å². The van der Waals surface area contributed by atoms with Crippen LogP contribution in [0.3, 0.4) is 0 Å². The van der Waals surface area contributed by atoms with Gasteiger partial charge in [-0.1, -0.05) is 20.8 Å². The predicted octanol–water partition coefficient (Wildman–Crippen LogP) is -0.481. The summed E-state index contributed by atoms with van der Waals surface area (Å²) in [6.07, 6.45) is 3.17. The molecule has 0 aliphatic heterocycles. The second kappa shape index (κ2) is 18.3. The van der Waals surface area contributed by atoms with Gasteiger partial charge in [0.05, 0.1) is 0 Å². The van der Waals surface area contributed by atoms with Crippen LogP contribution in [0.5, 0.6) is 0 Å². The van der Waals surface area contributed by atoms with E-state index in [1.165, 1.54) is 41.5 Å². The molecule has 124 valence electrons. The Kier molecular flexibility index (Phi) is 24.3. The van der Waals surface area contributed by atoms with E-state index in [-0.39, 0.29) is 84.0 Å². The normalized spacial score (nSPS) is 10.9. The third-order valence-electron chi connectivity index (χ3n) is 1.22. The summed E-state index contributed by atoms with van der Waals surface area (Å²) in [6, 6.07) is 0. The molecule has 0 aromatic carbocycles. The maximum Gasteiger partial charge on any atom is 3.00 e. The van der Waals surface area contributed by atoms with Crippen molar-refractivity contribution in [2.45, 2.75) is 41.5 Å². The van der Waals surface area contributed by atoms with Gasteiger partial charge in [0.15, 0.2) is 17.3 Å². The van der Waals surface area contributed by atoms with Gasteiger partial charge >= 0.3 is 49.4 Å². The largest absolute Gasteiger partial charge is 3.00 e. The van der Waals surface area contributed by atoms with Crippen molar-refractivity contribution in [1.29, 1.82) is 0 Å². The van der Waals surface area contributed by atoms with E-state index in [9.17, 15) is 29.7 Å². The molecule has 0 bridgehead atoms. The van der Waals surface area contributed by atoms with E-state index in [0.29, 0.717) is 0 Å². The zero-order valence-corrected chi connectivity index (χ0v) is 16.0. The zero-order valence-electron chi connectivity index (χ0n) is 13.6. The number of hydrogen-bond acceptors (Lipinski definition) is 6. The van der Waals surface area contributed by atoms with E-state index in [4.69, 9.17) is 0 Å². The molecular weight excluding hydrogens is 428 g/mol. The molecular formula is C15H21EuO6. The minimum absolute atomic E-state index is 0. The minimum atomic E-state index is -0.187. The fourth-order valence-corrected chi connectivity index (χ4v) is 0.859. The Balaban J connectivity index is -0.000000108. The van der Waals surface area contributed by atoms with Crippen molar-refractivity contribution in [3.63, 3.8) is 0 Å². The quantitative estimate of drug-likeness (QED) is 0.424. The van der Waals surface area contributed by atoms with Crippen LogP contribution in [-0.4, -0.2) is 17.3 Å². The SMILES string of the molecule is CC(=O)/C=C(\C)[O-].CC(=O)/C=C(\C)[O-].CC(=O)/C=C(\C)[O-].[Eu+3]. The molecule has 0 aliphatic carbocycles. The van der Waals surface area contributed by atoms with Crippen molar-refractivity contribution in [3.8, 4) is 0 Å². The van der Waals surface area contributed by atoms with E-state index >= 15 is 0 Å². The molecule has 0 atom stereocenters. The predicted molar refractivity (Wildman–Crippen MR) is 73.3 cm³/mol. The van der Waals surface area contributed by atoms with Gasteiger partial charge in [0.2, 0.25) is 0 Å². The van der Waals surface area contributed by atoms with E-state index in [1.807, 2.05) is 0 Å². The van der Waals surface area contributed by atoms with Crippen LogP contribution in [0.1, 0.15) is 41.5 Å².